The summed E-state index contributed by atoms with van der Waals surface area (Å²) in [4.78, 5) is 12.0. The standard InChI is InChI=1S/C20H24N2O3S/c1-26(24,25)22(18-10-11-18)14-16-8-5-9-17(12-16)19(20(21)23)13-15-6-3-2-4-7-15/h2-9,12,18-19H,10-11,13-14H2,1H3,(H2,21,23). The van der Waals surface area contributed by atoms with E-state index in [4.69, 9.17) is 5.73 Å². The van der Waals surface area contributed by atoms with Crippen molar-refractivity contribution >= 4 is 15.9 Å². The van der Waals surface area contributed by atoms with Crippen LogP contribution in [0.3, 0.4) is 0 Å². The predicted molar refractivity (Wildman–Crippen MR) is 102 cm³/mol. The van der Waals surface area contributed by atoms with Gasteiger partial charge in [0.2, 0.25) is 15.9 Å². The zero-order chi connectivity index (χ0) is 18.7. The highest BCUT2D eigenvalue weighted by atomic mass is 32.2. The lowest BCUT2D eigenvalue weighted by Crippen LogP contribution is -2.31. The summed E-state index contributed by atoms with van der Waals surface area (Å²) in [6.07, 6.45) is 3.59. The highest BCUT2D eigenvalue weighted by Crippen LogP contribution is 2.31. The van der Waals surface area contributed by atoms with Crippen molar-refractivity contribution in [2.45, 2.75) is 37.8 Å². The molecule has 0 aromatic heterocycles. The molecule has 0 radical (unpaired) electrons. The number of carbonyl (C=O) groups is 1. The van der Waals surface area contributed by atoms with Crippen LogP contribution < -0.4 is 5.73 Å². The minimum Gasteiger partial charge on any atom is -0.369 e. The van der Waals surface area contributed by atoms with Gasteiger partial charge in [0.15, 0.2) is 0 Å². The largest absolute Gasteiger partial charge is 0.369 e. The zero-order valence-electron chi connectivity index (χ0n) is 14.8. The maximum absolute atomic E-state index is 12.0. The first kappa shape index (κ1) is 18.6. The van der Waals surface area contributed by atoms with Gasteiger partial charge in [-0.1, -0.05) is 54.6 Å². The summed E-state index contributed by atoms with van der Waals surface area (Å²) < 4.78 is 25.6. The van der Waals surface area contributed by atoms with Gasteiger partial charge in [-0.3, -0.25) is 4.79 Å². The summed E-state index contributed by atoms with van der Waals surface area (Å²) in [5, 5.41) is 0. The summed E-state index contributed by atoms with van der Waals surface area (Å²) in [5.74, 6) is -0.821. The molecule has 1 aliphatic rings. The molecule has 1 fully saturated rings. The second kappa shape index (κ2) is 7.60. The first-order valence-corrected chi connectivity index (χ1v) is 10.6. The Hall–Kier alpha value is -2.18. The molecule has 26 heavy (non-hydrogen) atoms. The number of hydrogen-bond donors (Lipinski definition) is 1. The van der Waals surface area contributed by atoms with Gasteiger partial charge in [0.05, 0.1) is 12.2 Å². The number of nitrogens with two attached hydrogens (primary N) is 1. The van der Waals surface area contributed by atoms with E-state index in [0.717, 1.165) is 29.5 Å². The average Bonchev–Trinajstić information content (AvgIpc) is 3.42. The van der Waals surface area contributed by atoms with Crippen LogP contribution in [0.25, 0.3) is 0 Å². The van der Waals surface area contributed by atoms with Gasteiger partial charge in [-0.2, -0.15) is 4.31 Å². The van der Waals surface area contributed by atoms with E-state index in [1.165, 1.54) is 6.26 Å². The molecule has 2 aromatic rings. The van der Waals surface area contributed by atoms with Crippen molar-refractivity contribution in [3.8, 4) is 0 Å². The van der Waals surface area contributed by atoms with Crippen molar-refractivity contribution in [3.05, 3.63) is 71.3 Å². The lowest BCUT2D eigenvalue weighted by Gasteiger charge is -2.21. The Morgan fingerprint density at radius 1 is 1.12 bits per heavy atom. The molecule has 0 heterocycles. The number of primary amides is 1. The molecule has 1 aliphatic carbocycles. The van der Waals surface area contributed by atoms with Gasteiger partial charge in [0.25, 0.3) is 0 Å². The van der Waals surface area contributed by atoms with Crippen molar-refractivity contribution in [1.82, 2.24) is 4.31 Å². The Balaban J connectivity index is 1.83. The summed E-state index contributed by atoms with van der Waals surface area (Å²) in [6, 6.07) is 17.4. The number of sulfonamides is 1. The highest BCUT2D eigenvalue weighted by molar-refractivity contribution is 7.88. The Kier molecular flexibility index (Phi) is 5.44. The van der Waals surface area contributed by atoms with Crippen LogP contribution in [0.5, 0.6) is 0 Å². The second-order valence-electron chi connectivity index (χ2n) is 6.93. The summed E-state index contributed by atoms with van der Waals surface area (Å²) >= 11 is 0. The second-order valence-corrected chi connectivity index (χ2v) is 8.86. The van der Waals surface area contributed by atoms with E-state index in [2.05, 4.69) is 0 Å². The summed E-state index contributed by atoms with van der Waals surface area (Å²) in [7, 11) is -3.26. The van der Waals surface area contributed by atoms with Crippen molar-refractivity contribution < 1.29 is 13.2 Å². The van der Waals surface area contributed by atoms with Crippen molar-refractivity contribution in [3.63, 3.8) is 0 Å². The first-order chi connectivity index (χ1) is 12.3. The first-order valence-electron chi connectivity index (χ1n) is 8.73. The summed E-state index contributed by atoms with van der Waals surface area (Å²) in [6.45, 7) is 0.328. The highest BCUT2D eigenvalue weighted by Gasteiger charge is 2.35. The molecule has 6 heteroatoms. The van der Waals surface area contributed by atoms with Gasteiger partial charge in [-0.05, 0) is 36.0 Å². The van der Waals surface area contributed by atoms with Gasteiger partial charge in [0, 0.05) is 12.6 Å². The van der Waals surface area contributed by atoms with Crippen molar-refractivity contribution in [1.29, 1.82) is 0 Å². The molecule has 0 aliphatic heterocycles. The topological polar surface area (TPSA) is 80.5 Å². The van der Waals surface area contributed by atoms with Crippen LogP contribution in [0.2, 0.25) is 0 Å². The van der Waals surface area contributed by atoms with Crippen LogP contribution in [-0.2, 0) is 27.8 Å². The predicted octanol–water partition coefficient (Wildman–Crippen LogP) is 2.42. The van der Waals surface area contributed by atoms with E-state index in [0.29, 0.717) is 13.0 Å². The Morgan fingerprint density at radius 2 is 1.77 bits per heavy atom. The third-order valence-electron chi connectivity index (χ3n) is 4.70. The molecule has 2 N–H and O–H groups in total. The van der Waals surface area contributed by atoms with Crippen LogP contribution in [-0.4, -0.2) is 30.9 Å². The van der Waals surface area contributed by atoms with Crippen molar-refractivity contribution in [2.75, 3.05) is 6.26 Å². The minimum absolute atomic E-state index is 0.102. The quantitative estimate of drug-likeness (QED) is 0.773. The van der Waals surface area contributed by atoms with E-state index in [-0.39, 0.29) is 11.9 Å². The van der Waals surface area contributed by atoms with Crippen LogP contribution >= 0.6 is 0 Å². The molecule has 0 bridgehead atoms. The van der Waals surface area contributed by atoms with Gasteiger partial charge in [0.1, 0.15) is 0 Å². The number of rotatable bonds is 8. The molecule has 1 atom stereocenters. The van der Waals surface area contributed by atoms with Gasteiger partial charge < -0.3 is 5.73 Å². The van der Waals surface area contributed by atoms with E-state index in [1.807, 2.05) is 54.6 Å². The lowest BCUT2D eigenvalue weighted by molar-refractivity contribution is -0.119. The maximum atomic E-state index is 12.0. The summed E-state index contributed by atoms with van der Waals surface area (Å²) in [5.41, 5.74) is 8.39. The fourth-order valence-corrected chi connectivity index (χ4v) is 4.34. The smallest absolute Gasteiger partial charge is 0.225 e. The Labute approximate surface area is 154 Å². The van der Waals surface area contributed by atoms with Crippen LogP contribution in [0.1, 0.15) is 35.4 Å². The lowest BCUT2D eigenvalue weighted by atomic mass is 9.90. The number of hydrogen-bond acceptors (Lipinski definition) is 3. The van der Waals surface area contributed by atoms with Gasteiger partial charge in [-0.25, -0.2) is 8.42 Å². The maximum Gasteiger partial charge on any atom is 0.225 e. The average molecular weight is 372 g/mol. The number of benzene rings is 2. The molecule has 1 amide bonds. The van der Waals surface area contributed by atoms with E-state index < -0.39 is 15.9 Å². The molecule has 1 unspecified atom stereocenters. The van der Waals surface area contributed by atoms with Crippen LogP contribution in [0.4, 0.5) is 0 Å². The molecule has 2 aromatic carbocycles. The molecule has 5 nitrogen and oxygen atoms in total. The van der Waals surface area contributed by atoms with E-state index >= 15 is 0 Å². The van der Waals surface area contributed by atoms with Crippen LogP contribution in [0, 0.1) is 0 Å². The molecule has 0 spiro atoms. The van der Waals surface area contributed by atoms with Crippen molar-refractivity contribution in [2.24, 2.45) is 5.73 Å². The minimum atomic E-state index is -3.26. The molecule has 3 rings (SSSR count). The monoisotopic (exact) mass is 372 g/mol. The Morgan fingerprint density at radius 3 is 2.35 bits per heavy atom. The number of amides is 1. The fourth-order valence-electron chi connectivity index (χ4n) is 3.20. The van der Waals surface area contributed by atoms with E-state index in [1.54, 1.807) is 4.31 Å². The van der Waals surface area contributed by atoms with Crippen LogP contribution in [0.15, 0.2) is 54.6 Å². The molecule has 1 saturated carbocycles. The molecule has 0 saturated heterocycles. The van der Waals surface area contributed by atoms with Gasteiger partial charge in [-0.15, -0.1) is 0 Å². The van der Waals surface area contributed by atoms with E-state index in [9.17, 15) is 13.2 Å². The number of carbonyl (C=O) groups excluding carboxylic acids is 1. The third kappa shape index (κ3) is 4.71. The molecule has 138 valence electrons. The Bertz CT molecular complexity index is 877. The normalized spacial score (nSPS) is 15.8. The molecular formula is C20H24N2O3S. The third-order valence-corrected chi connectivity index (χ3v) is 5.98. The zero-order valence-corrected chi connectivity index (χ0v) is 15.7. The molecular weight excluding hydrogens is 348 g/mol. The SMILES string of the molecule is CS(=O)(=O)N(Cc1cccc(C(Cc2ccccc2)C(N)=O)c1)C1CC1. The van der Waals surface area contributed by atoms with Gasteiger partial charge >= 0.3 is 0 Å². The fraction of sp³-hybridized carbons (Fsp3) is 0.350. The number of nitrogens with zero attached hydrogens (tertiary/aromatic N) is 1.